The molecule has 136 valence electrons. The molecule has 5 nitrogen and oxygen atoms in total. The van der Waals surface area contributed by atoms with Crippen molar-refractivity contribution in [1.29, 1.82) is 0 Å². The van der Waals surface area contributed by atoms with Gasteiger partial charge in [0.2, 0.25) is 11.9 Å². The molecule has 1 aliphatic rings. The van der Waals surface area contributed by atoms with Crippen LogP contribution in [0.25, 0.3) is 0 Å². The smallest absolute Gasteiger partial charge is 0.229 e. The molecule has 0 radical (unpaired) electrons. The van der Waals surface area contributed by atoms with Crippen LogP contribution in [0.1, 0.15) is 66.2 Å². The van der Waals surface area contributed by atoms with Crippen LogP contribution in [0.4, 0.5) is 5.95 Å². The van der Waals surface area contributed by atoms with Gasteiger partial charge in [-0.1, -0.05) is 43.7 Å². The first kappa shape index (κ1) is 18.2. The van der Waals surface area contributed by atoms with Crippen molar-refractivity contribution in [2.24, 2.45) is 5.92 Å². The van der Waals surface area contributed by atoms with E-state index in [0.29, 0.717) is 18.4 Å². The van der Waals surface area contributed by atoms with Gasteiger partial charge in [-0.2, -0.15) is 0 Å². The summed E-state index contributed by atoms with van der Waals surface area (Å²) in [5, 5.41) is 2.80. The van der Waals surface area contributed by atoms with E-state index in [1.165, 1.54) is 5.56 Å². The molecule has 1 aromatic heterocycles. The number of hydrogen-bond donors (Lipinski definition) is 1. The van der Waals surface area contributed by atoms with Gasteiger partial charge in [0.15, 0.2) is 5.78 Å². The molecule has 1 atom stereocenters. The van der Waals surface area contributed by atoms with Crippen LogP contribution in [0, 0.1) is 12.8 Å². The van der Waals surface area contributed by atoms with Crippen molar-refractivity contribution < 1.29 is 9.59 Å². The van der Waals surface area contributed by atoms with Crippen molar-refractivity contribution in [3.8, 4) is 0 Å². The topological polar surface area (TPSA) is 72.0 Å². The Morgan fingerprint density at radius 1 is 1.19 bits per heavy atom. The van der Waals surface area contributed by atoms with Crippen molar-refractivity contribution in [2.45, 2.75) is 52.4 Å². The lowest BCUT2D eigenvalue weighted by Gasteiger charge is -2.23. The highest BCUT2D eigenvalue weighted by Crippen LogP contribution is 2.32. The Hall–Kier alpha value is -2.56. The van der Waals surface area contributed by atoms with Gasteiger partial charge in [-0.3, -0.25) is 14.9 Å². The fourth-order valence-electron chi connectivity index (χ4n) is 3.45. The van der Waals surface area contributed by atoms with E-state index in [2.05, 4.69) is 39.6 Å². The number of fused-ring (bicyclic) bond motifs is 1. The van der Waals surface area contributed by atoms with E-state index < -0.39 is 0 Å². The number of nitrogens with zero attached hydrogens (tertiary/aromatic N) is 2. The molecular weight excluding hydrogens is 326 g/mol. The highest BCUT2D eigenvalue weighted by atomic mass is 16.2. The molecule has 1 amide bonds. The fraction of sp³-hybridized carbons (Fsp3) is 0.429. The molecule has 26 heavy (non-hydrogen) atoms. The van der Waals surface area contributed by atoms with Crippen LogP contribution < -0.4 is 5.32 Å². The van der Waals surface area contributed by atoms with E-state index in [9.17, 15) is 9.59 Å². The lowest BCUT2D eigenvalue weighted by molar-refractivity contribution is -0.120. The van der Waals surface area contributed by atoms with Crippen molar-refractivity contribution in [1.82, 2.24) is 9.97 Å². The van der Waals surface area contributed by atoms with Gasteiger partial charge in [0.1, 0.15) is 0 Å². The lowest BCUT2D eigenvalue weighted by atomic mass is 9.82. The monoisotopic (exact) mass is 351 g/mol. The van der Waals surface area contributed by atoms with Gasteiger partial charge in [-0.15, -0.1) is 0 Å². The predicted molar refractivity (Wildman–Crippen MR) is 101 cm³/mol. The number of aromatic nitrogens is 2. The summed E-state index contributed by atoms with van der Waals surface area (Å²) in [6, 6.07) is 8.29. The minimum Gasteiger partial charge on any atom is -0.294 e. The van der Waals surface area contributed by atoms with E-state index in [1.807, 2.05) is 20.8 Å². The minimum absolute atomic E-state index is 0.0448. The number of hydrogen-bond acceptors (Lipinski definition) is 4. The van der Waals surface area contributed by atoms with Gasteiger partial charge in [0.25, 0.3) is 0 Å². The van der Waals surface area contributed by atoms with Gasteiger partial charge in [0.05, 0.1) is 11.3 Å². The molecular formula is C21H25N3O2. The van der Waals surface area contributed by atoms with Gasteiger partial charge in [0, 0.05) is 18.5 Å². The van der Waals surface area contributed by atoms with Crippen molar-refractivity contribution in [3.63, 3.8) is 0 Å². The molecule has 3 rings (SSSR count). The van der Waals surface area contributed by atoms with Crippen LogP contribution in [0.2, 0.25) is 0 Å². The van der Waals surface area contributed by atoms with Gasteiger partial charge in [-0.25, -0.2) is 9.97 Å². The molecule has 1 N–H and O–H groups in total. The Bertz CT molecular complexity index is 811. The number of carbonyl (C=O) groups excluding carboxylic acids is 2. The molecule has 1 aromatic carbocycles. The second-order valence-corrected chi connectivity index (χ2v) is 7.00. The largest absolute Gasteiger partial charge is 0.294 e. The molecule has 0 saturated carbocycles. The third-order valence-corrected chi connectivity index (χ3v) is 5.18. The Morgan fingerprint density at radius 2 is 1.88 bits per heavy atom. The highest BCUT2D eigenvalue weighted by Gasteiger charge is 2.28. The van der Waals surface area contributed by atoms with Crippen LogP contribution in [-0.2, 0) is 11.2 Å². The number of Topliss-reactive ketones (excluding diaryl/α,β-unsaturated/α-hetero) is 1. The van der Waals surface area contributed by atoms with Crippen LogP contribution in [-0.4, -0.2) is 21.7 Å². The van der Waals surface area contributed by atoms with Crippen molar-refractivity contribution in [2.75, 3.05) is 5.32 Å². The Balaban J connectivity index is 1.82. The highest BCUT2D eigenvalue weighted by molar-refractivity contribution is 5.99. The normalized spacial score (nSPS) is 16.5. The van der Waals surface area contributed by atoms with Crippen LogP contribution in [0.15, 0.2) is 30.5 Å². The average molecular weight is 351 g/mol. The fourth-order valence-corrected chi connectivity index (χ4v) is 3.45. The number of nitrogens with one attached hydrogen (secondary N) is 1. The third-order valence-electron chi connectivity index (χ3n) is 5.18. The molecule has 0 bridgehead atoms. The summed E-state index contributed by atoms with van der Waals surface area (Å²) in [5.74, 6) is 0.365. The van der Waals surface area contributed by atoms with Crippen molar-refractivity contribution >= 4 is 17.6 Å². The first-order valence-corrected chi connectivity index (χ1v) is 9.28. The average Bonchev–Trinajstić information content (AvgIpc) is 2.63. The molecule has 0 spiro atoms. The molecule has 0 unspecified atom stereocenters. The molecule has 1 heterocycles. The summed E-state index contributed by atoms with van der Waals surface area (Å²) in [6.07, 6.45) is 4.26. The Kier molecular flexibility index (Phi) is 5.45. The Labute approximate surface area is 154 Å². The van der Waals surface area contributed by atoms with E-state index in [4.69, 9.17) is 0 Å². The van der Waals surface area contributed by atoms with Crippen LogP contribution in [0.5, 0.6) is 0 Å². The first-order chi connectivity index (χ1) is 12.5. The zero-order valence-corrected chi connectivity index (χ0v) is 15.6. The summed E-state index contributed by atoms with van der Waals surface area (Å²) in [4.78, 5) is 33.4. The summed E-state index contributed by atoms with van der Waals surface area (Å²) in [7, 11) is 0. The number of benzene rings is 1. The molecule has 0 aliphatic heterocycles. The summed E-state index contributed by atoms with van der Waals surface area (Å²) >= 11 is 0. The maximum Gasteiger partial charge on any atom is 0.229 e. The standard InChI is InChI=1S/C21H25N3O2/c1-4-14(5-2)20(26)24-21-22-12-17-18(23-21)10-16(11-19(17)25)15-8-6-13(3)7-9-15/h6-9,12,14,16H,4-5,10-11H2,1-3H3,(H,22,23,24,26)/t16-/m0/s1. The zero-order valence-electron chi connectivity index (χ0n) is 15.6. The Morgan fingerprint density at radius 3 is 2.54 bits per heavy atom. The second kappa shape index (κ2) is 7.77. The van der Waals surface area contributed by atoms with Crippen molar-refractivity contribution in [3.05, 3.63) is 52.8 Å². The minimum atomic E-state index is -0.0628. The summed E-state index contributed by atoms with van der Waals surface area (Å²) in [6.45, 7) is 6.03. The van der Waals surface area contributed by atoms with Gasteiger partial charge >= 0.3 is 0 Å². The van der Waals surface area contributed by atoms with Gasteiger partial charge in [-0.05, 0) is 37.7 Å². The molecule has 1 aliphatic carbocycles. The molecule has 2 aromatic rings. The molecule has 0 saturated heterocycles. The summed E-state index contributed by atoms with van der Waals surface area (Å²) in [5.41, 5.74) is 3.65. The number of carbonyl (C=O) groups is 2. The number of ketones is 1. The number of amides is 1. The maximum absolute atomic E-state index is 12.5. The van der Waals surface area contributed by atoms with E-state index in [-0.39, 0.29) is 29.5 Å². The van der Waals surface area contributed by atoms with Crippen LogP contribution in [0.3, 0.4) is 0 Å². The molecule has 0 fully saturated rings. The number of anilines is 1. The quantitative estimate of drug-likeness (QED) is 0.881. The number of aryl methyl sites for hydroxylation is 1. The third kappa shape index (κ3) is 3.82. The second-order valence-electron chi connectivity index (χ2n) is 7.00. The van der Waals surface area contributed by atoms with E-state index in [0.717, 1.165) is 24.1 Å². The molecule has 5 heteroatoms. The SMILES string of the molecule is CCC(CC)C(=O)Nc1ncc2c(n1)C[C@H](c1ccc(C)cc1)CC2=O. The lowest BCUT2D eigenvalue weighted by Crippen LogP contribution is -2.25. The van der Waals surface area contributed by atoms with Crippen LogP contribution >= 0.6 is 0 Å². The van der Waals surface area contributed by atoms with Gasteiger partial charge < -0.3 is 0 Å². The summed E-state index contributed by atoms with van der Waals surface area (Å²) < 4.78 is 0. The first-order valence-electron chi connectivity index (χ1n) is 9.28. The number of rotatable bonds is 5. The van der Waals surface area contributed by atoms with E-state index >= 15 is 0 Å². The predicted octanol–water partition coefficient (Wildman–Crippen LogP) is 4.07. The maximum atomic E-state index is 12.5. The van der Waals surface area contributed by atoms with E-state index in [1.54, 1.807) is 6.20 Å². The zero-order chi connectivity index (χ0) is 18.7.